The van der Waals surface area contributed by atoms with Crippen molar-refractivity contribution in [2.45, 2.75) is 19.3 Å². The van der Waals surface area contributed by atoms with Crippen molar-refractivity contribution in [3.05, 3.63) is 33.9 Å². The first-order chi connectivity index (χ1) is 11.7. The highest BCUT2D eigenvalue weighted by Gasteiger charge is 2.22. The van der Waals surface area contributed by atoms with Crippen molar-refractivity contribution >= 4 is 44.7 Å². The van der Waals surface area contributed by atoms with Crippen molar-refractivity contribution < 1.29 is 9.47 Å². The van der Waals surface area contributed by atoms with Crippen molar-refractivity contribution in [2.24, 2.45) is 0 Å². The van der Waals surface area contributed by atoms with Crippen molar-refractivity contribution in [3.8, 4) is 11.5 Å². The second kappa shape index (κ2) is 6.11. The minimum Gasteiger partial charge on any atom is -0.495 e. The Balaban J connectivity index is 1.83. The van der Waals surface area contributed by atoms with Crippen molar-refractivity contribution in [3.63, 3.8) is 0 Å². The standard InChI is InChI=1S/C17H16ClN3O2S/c1-22-12-7-11(13(23-2)6-10(12)18)21-16-15-9-4-3-5-14(9)24-17(15)20-8-19-16/h6-8H,3-5H2,1-2H3,(H,19,20,21). The van der Waals surface area contributed by atoms with Crippen LogP contribution in [-0.4, -0.2) is 24.2 Å². The lowest BCUT2D eigenvalue weighted by molar-refractivity contribution is 0.405. The maximum absolute atomic E-state index is 6.18. The highest BCUT2D eigenvalue weighted by Crippen LogP contribution is 2.42. The van der Waals surface area contributed by atoms with E-state index in [1.54, 1.807) is 38.0 Å². The predicted molar refractivity (Wildman–Crippen MR) is 97.3 cm³/mol. The van der Waals surface area contributed by atoms with Crippen molar-refractivity contribution in [1.29, 1.82) is 0 Å². The quantitative estimate of drug-likeness (QED) is 0.736. The first-order valence-corrected chi connectivity index (χ1v) is 8.84. The van der Waals surface area contributed by atoms with E-state index in [4.69, 9.17) is 21.1 Å². The predicted octanol–water partition coefficient (Wildman–Crippen LogP) is 4.59. The number of ether oxygens (including phenoxy) is 2. The summed E-state index contributed by atoms with van der Waals surface area (Å²) in [7, 11) is 3.20. The Morgan fingerprint density at radius 3 is 2.75 bits per heavy atom. The first kappa shape index (κ1) is 15.5. The van der Waals surface area contributed by atoms with Gasteiger partial charge in [-0.1, -0.05) is 11.6 Å². The molecule has 24 heavy (non-hydrogen) atoms. The summed E-state index contributed by atoms with van der Waals surface area (Å²) in [5.41, 5.74) is 2.13. The molecule has 7 heteroatoms. The number of rotatable bonds is 4. The summed E-state index contributed by atoms with van der Waals surface area (Å²) >= 11 is 7.94. The van der Waals surface area contributed by atoms with E-state index in [2.05, 4.69) is 15.3 Å². The molecule has 0 amide bonds. The fourth-order valence-electron chi connectivity index (χ4n) is 3.11. The van der Waals surface area contributed by atoms with E-state index in [0.717, 1.165) is 34.6 Å². The van der Waals surface area contributed by atoms with Crippen LogP contribution in [0.1, 0.15) is 16.9 Å². The lowest BCUT2D eigenvalue weighted by Gasteiger charge is -2.14. The molecule has 0 fully saturated rings. The minimum absolute atomic E-state index is 0.504. The molecular weight excluding hydrogens is 346 g/mol. The van der Waals surface area contributed by atoms with E-state index in [0.29, 0.717) is 16.5 Å². The summed E-state index contributed by atoms with van der Waals surface area (Å²) in [5, 5.41) is 5.00. The Kier molecular flexibility index (Phi) is 3.94. The number of hydrogen-bond acceptors (Lipinski definition) is 6. The number of hydrogen-bond donors (Lipinski definition) is 1. The van der Waals surface area contributed by atoms with Gasteiger partial charge in [0.2, 0.25) is 0 Å². The van der Waals surface area contributed by atoms with Gasteiger partial charge in [-0.2, -0.15) is 0 Å². The molecule has 0 atom stereocenters. The van der Waals surface area contributed by atoms with Crippen molar-refractivity contribution in [2.75, 3.05) is 19.5 Å². The molecule has 5 nitrogen and oxygen atoms in total. The van der Waals surface area contributed by atoms with Gasteiger partial charge in [-0.05, 0) is 24.8 Å². The Bertz CT molecular complexity index is 926. The average Bonchev–Trinajstić information content (AvgIpc) is 3.17. The van der Waals surface area contributed by atoms with E-state index < -0.39 is 0 Å². The molecule has 124 valence electrons. The van der Waals surface area contributed by atoms with Gasteiger partial charge in [0.05, 0.1) is 30.3 Å². The molecule has 0 aliphatic heterocycles. The maximum atomic E-state index is 6.18. The van der Waals surface area contributed by atoms with Gasteiger partial charge in [-0.15, -0.1) is 11.3 Å². The minimum atomic E-state index is 0.504. The molecule has 2 heterocycles. The van der Waals surface area contributed by atoms with Gasteiger partial charge in [0.1, 0.15) is 28.5 Å². The van der Waals surface area contributed by atoms with E-state index in [9.17, 15) is 0 Å². The maximum Gasteiger partial charge on any atom is 0.144 e. The molecule has 1 N–H and O–H groups in total. The fraction of sp³-hybridized carbons (Fsp3) is 0.294. The molecule has 0 saturated heterocycles. The SMILES string of the molecule is COc1cc(Nc2ncnc3sc4c(c23)CCC4)c(OC)cc1Cl. The van der Waals surface area contributed by atoms with Crippen LogP contribution >= 0.6 is 22.9 Å². The van der Waals surface area contributed by atoms with Gasteiger partial charge in [0, 0.05) is 17.0 Å². The van der Waals surface area contributed by atoms with Gasteiger partial charge in [0.25, 0.3) is 0 Å². The Morgan fingerprint density at radius 2 is 1.96 bits per heavy atom. The molecule has 0 saturated carbocycles. The van der Waals surface area contributed by atoms with Crippen LogP contribution in [-0.2, 0) is 12.8 Å². The summed E-state index contributed by atoms with van der Waals surface area (Å²) in [6, 6.07) is 3.56. The summed E-state index contributed by atoms with van der Waals surface area (Å²) in [6.45, 7) is 0. The zero-order valence-electron chi connectivity index (χ0n) is 13.4. The van der Waals surface area contributed by atoms with Crippen molar-refractivity contribution in [1.82, 2.24) is 9.97 Å². The van der Waals surface area contributed by atoms with Crippen LogP contribution in [0.25, 0.3) is 10.2 Å². The molecule has 0 radical (unpaired) electrons. The van der Waals surface area contributed by atoms with Crippen LogP contribution in [0.2, 0.25) is 5.02 Å². The number of thiophene rings is 1. The normalized spacial score (nSPS) is 13.1. The van der Waals surface area contributed by atoms with Gasteiger partial charge in [-0.25, -0.2) is 9.97 Å². The van der Waals surface area contributed by atoms with Gasteiger partial charge in [-0.3, -0.25) is 0 Å². The molecule has 0 spiro atoms. The van der Waals surface area contributed by atoms with Crippen LogP contribution in [0.3, 0.4) is 0 Å². The van der Waals surface area contributed by atoms with Gasteiger partial charge < -0.3 is 14.8 Å². The van der Waals surface area contributed by atoms with E-state index in [1.807, 2.05) is 6.07 Å². The third-order valence-electron chi connectivity index (χ3n) is 4.23. The summed E-state index contributed by atoms with van der Waals surface area (Å²) < 4.78 is 10.8. The highest BCUT2D eigenvalue weighted by atomic mass is 35.5. The fourth-order valence-corrected chi connectivity index (χ4v) is 4.57. The van der Waals surface area contributed by atoms with E-state index in [-0.39, 0.29) is 0 Å². The Labute approximate surface area is 148 Å². The molecule has 4 rings (SSSR count). The number of aryl methyl sites for hydroxylation is 2. The van der Waals surface area contributed by atoms with Crippen LogP contribution < -0.4 is 14.8 Å². The van der Waals surface area contributed by atoms with Crippen LogP contribution in [0.5, 0.6) is 11.5 Å². The second-order valence-electron chi connectivity index (χ2n) is 5.57. The largest absolute Gasteiger partial charge is 0.495 e. The average molecular weight is 362 g/mol. The zero-order valence-corrected chi connectivity index (χ0v) is 14.9. The number of aromatic nitrogens is 2. The number of fused-ring (bicyclic) bond motifs is 3. The van der Waals surface area contributed by atoms with E-state index >= 15 is 0 Å². The van der Waals surface area contributed by atoms with Gasteiger partial charge in [0.15, 0.2) is 0 Å². The first-order valence-electron chi connectivity index (χ1n) is 7.65. The molecule has 1 aromatic carbocycles. The lowest BCUT2D eigenvalue weighted by Crippen LogP contribution is -1.99. The Hall–Kier alpha value is -2.05. The second-order valence-corrected chi connectivity index (χ2v) is 7.06. The number of methoxy groups -OCH3 is 2. The lowest BCUT2D eigenvalue weighted by atomic mass is 10.2. The highest BCUT2D eigenvalue weighted by molar-refractivity contribution is 7.19. The zero-order chi connectivity index (χ0) is 16.7. The molecule has 0 unspecified atom stereocenters. The summed E-state index contributed by atoms with van der Waals surface area (Å²) in [6.07, 6.45) is 5.01. The monoisotopic (exact) mass is 361 g/mol. The van der Waals surface area contributed by atoms with Crippen LogP contribution in [0.15, 0.2) is 18.5 Å². The van der Waals surface area contributed by atoms with Crippen LogP contribution in [0, 0.1) is 0 Å². The summed E-state index contributed by atoms with van der Waals surface area (Å²) in [5.74, 6) is 2.02. The Morgan fingerprint density at radius 1 is 1.12 bits per heavy atom. The third kappa shape index (κ3) is 2.46. The number of benzene rings is 1. The number of anilines is 2. The number of nitrogens with zero attached hydrogens (tertiary/aromatic N) is 2. The molecule has 3 aromatic rings. The van der Waals surface area contributed by atoms with Gasteiger partial charge >= 0.3 is 0 Å². The molecule has 2 aromatic heterocycles. The smallest absolute Gasteiger partial charge is 0.144 e. The molecule has 1 aliphatic rings. The molecule has 1 aliphatic carbocycles. The number of halogens is 1. The summed E-state index contributed by atoms with van der Waals surface area (Å²) in [4.78, 5) is 11.3. The van der Waals surface area contributed by atoms with E-state index in [1.165, 1.54) is 16.9 Å². The molecular formula is C17H16ClN3O2S. The topological polar surface area (TPSA) is 56.3 Å². The molecule has 0 bridgehead atoms. The van der Waals surface area contributed by atoms with Crippen LogP contribution in [0.4, 0.5) is 11.5 Å². The third-order valence-corrected chi connectivity index (χ3v) is 5.72. The number of nitrogens with one attached hydrogen (secondary N) is 1.